The van der Waals surface area contributed by atoms with Gasteiger partial charge in [-0.15, -0.1) is 0 Å². The fourth-order valence-electron chi connectivity index (χ4n) is 2.66. The number of hydrogen-bond acceptors (Lipinski definition) is 1. The van der Waals surface area contributed by atoms with Crippen LogP contribution in [0, 0.1) is 0 Å². The molecular weight excluding hydrogens is 234 g/mol. The minimum absolute atomic E-state index is 0.0422. The summed E-state index contributed by atoms with van der Waals surface area (Å²) >= 11 is 0. The van der Waals surface area contributed by atoms with Crippen molar-refractivity contribution in [3.05, 3.63) is 58.4 Å². The molecule has 0 aliphatic carbocycles. The van der Waals surface area contributed by atoms with Gasteiger partial charge in [-0.3, -0.25) is 4.79 Å². The molecule has 0 saturated heterocycles. The van der Waals surface area contributed by atoms with Gasteiger partial charge in [0.25, 0.3) is 0 Å². The first-order valence-corrected chi connectivity index (χ1v) is 6.52. The van der Waals surface area contributed by atoms with E-state index in [1.807, 2.05) is 24.4 Å². The maximum Gasteiger partial charge on any atom is 0.188 e. The Hall–Kier alpha value is -2.09. The van der Waals surface area contributed by atoms with Crippen LogP contribution in [0.3, 0.4) is 0 Å². The summed E-state index contributed by atoms with van der Waals surface area (Å²) in [5.74, 6) is 0. The molecule has 0 spiro atoms. The van der Waals surface area contributed by atoms with Crippen molar-refractivity contribution in [1.29, 1.82) is 0 Å². The third-order valence-electron chi connectivity index (χ3n) is 3.56. The van der Waals surface area contributed by atoms with E-state index in [2.05, 4.69) is 37.9 Å². The summed E-state index contributed by atoms with van der Waals surface area (Å²) in [4.78, 5) is 15.4. The van der Waals surface area contributed by atoms with Gasteiger partial charge in [0.1, 0.15) is 0 Å². The maximum atomic E-state index is 12.1. The Labute approximate surface area is 112 Å². The van der Waals surface area contributed by atoms with Crippen LogP contribution in [0.1, 0.15) is 26.3 Å². The van der Waals surface area contributed by atoms with Gasteiger partial charge in [-0.1, -0.05) is 39.0 Å². The number of aromatic nitrogens is 1. The van der Waals surface area contributed by atoms with Crippen LogP contribution in [-0.4, -0.2) is 4.98 Å². The van der Waals surface area contributed by atoms with Crippen LogP contribution in [0.25, 0.3) is 21.7 Å². The summed E-state index contributed by atoms with van der Waals surface area (Å²) < 4.78 is 0. The Morgan fingerprint density at radius 1 is 1.05 bits per heavy atom. The van der Waals surface area contributed by atoms with E-state index >= 15 is 0 Å². The zero-order valence-electron chi connectivity index (χ0n) is 11.4. The van der Waals surface area contributed by atoms with Crippen molar-refractivity contribution < 1.29 is 0 Å². The molecule has 2 aromatic carbocycles. The average Bonchev–Trinajstić information content (AvgIpc) is 2.36. The van der Waals surface area contributed by atoms with Gasteiger partial charge in [0.15, 0.2) is 5.43 Å². The average molecular weight is 251 g/mol. The molecule has 1 aromatic heterocycles. The molecule has 0 bridgehead atoms. The van der Waals surface area contributed by atoms with E-state index in [0.29, 0.717) is 0 Å². The highest BCUT2D eigenvalue weighted by molar-refractivity contribution is 6.06. The number of fused-ring (bicyclic) bond motifs is 3. The van der Waals surface area contributed by atoms with Crippen molar-refractivity contribution in [2.24, 2.45) is 0 Å². The van der Waals surface area contributed by atoms with Crippen molar-refractivity contribution in [1.82, 2.24) is 4.98 Å². The molecule has 1 heterocycles. The lowest BCUT2D eigenvalue weighted by Gasteiger charge is -2.22. The van der Waals surface area contributed by atoms with Crippen molar-refractivity contribution in [3.63, 3.8) is 0 Å². The molecule has 0 fully saturated rings. The Bertz CT molecular complexity index is 822. The molecule has 0 radical (unpaired) electrons. The van der Waals surface area contributed by atoms with Crippen LogP contribution in [0.15, 0.2) is 47.4 Å². The smallest absolute Gasteiger partial charge is 0.188 e. The summed E-state index contributed by atoms with van der Waals surface area (Å²) in [5, 5.41) is 2.92. The minimum Gasteiger partial charge on any atom is -0.361 e. The standard InChI is InChI=1S/C17H17NO/c1-17(2,3)13-10-11-6-4-8-14(19)15(11)16-12(13)7-5-9-18-16/h4-10,18H,1-3H3. The predicted molar refractivity (Wildman–Crippen MR) is 80.8 cm³/mol. The zero-order chi connectivity index (χ0) is 13.6. The predicted octanol–water partition coefficient (Wildman–Crippen LogP) is 3.98. The van der Waals surface area contributed by atoms with Gasteiger partial charge in [0, 0.05) is 11.6 Å². The van der Waals surface area contributed by atoms with Crippen molar-refractivity contribution >= 4 is 21.7 Å². The minimum atomic E-state index is 0.0422. The number of H-pyrrole nitrogens is 1. The molecule has 0 aliphatic heterocycles. The number of benzene rings is 2. The van der Waals surface area contributed by atoms with Crippen molar-refractivity contribution in [2.45, 2.75) is 26.2 Å². The van der Waals surface area contributed by atoms with Crippen LogP contribution in [0.2, 0.25) is 0 Å². The Balaban J connectivity index is 2.62. The van der Waals surface area contributed by atoms with Crippen molar-refractivity contribution in [2.75, 3.05) is 0 Å². The highest BCUT2D eigenvalue weighted by Gasteiger charge is 2.19. The zero-order valence-corrected chi connectivity index (χ0v) is 11.4. The number of hydrogen-bond donors (Lipinski definition) is 1. The summed E-state index contributed by atoms with van der Waals surface area (Å²) in [5.41, 5.74) is 2.32. The summed E-state index contributed by atoms with van der Waals surface area (Å²) in [6.45, 7) is 6.59. The molecule has 2 nitrogen and oxygen atoms in total. The largest absolute Gasteiger partial charge is 0.361 e. The van der Waals surface area contributed by atoms with Crippen molar-refractivity contribution in [3.8, 4) is 0 Å². The number of rotatable bonds is 0. The molecule has 0 aliphatic rings. The van der Waals surface area contributed by atoms with Crippen LogP contribution < -0.4 is 5.43 Å². The van der Waals surface area contributed by atoms with Crippen LogP contribution in [0.5, 0.6) is 0 Å². The molecule has 2 heteroatoms. The molecule has 96 valence electrons. The normalized spacial score (nSPS) is 12.2. The molecule has 1 N–H and O–H groups in total. The fourth-order valence-corrected chi connectivity index (χ4v) is 2.66. The molecule has 0 saturated carbocycles. The Morgan fingerprint density at radius 3 is 2.58 bits per heavy atom. The molecule has 3 rings (SSSR count). The maximum absolute atomic E-state index is 12.1. The van der Waals surface area contributed by atoms with E-state index < -0.39 is 0 Å². The molecular formula is C17H17NO. The lowest BCUT2D eigenvalue weighted by atomic mass is 9.83. The first-order valence-electron chi connectivity index (χ1n) is 6.52. The van der Waals surface area contributed by atoms with Gasteiger partial charge in [-0.05, 0) is 34.6 Å². The van der Waals surface area contributed by atoms with Gasteiger partial charge in [0.2, 0.25) is 0 Å². The van der Waals surface area contributed by atoms with E-state index in [0.717, 1.165) is 21.7 Å². The van der Waals surface area contributed by atoms with E-state index in [-0.39, 0.29) is 10.8 Å². The molecule has 19 heavy (non-hydrogen) atoms. The van der Waals surface area contributed by atoms with E-state index in [1.165, 1.54) is 5.56 Å². The van der Waals surface area contributed by atoms with E-state index in [1.54, 1.807) is 6.07 Å². The first-order chi connectivity index (χ1) is 8.98. The number of pyridine rings is 1. The Kier molecular flexibility index (Phi) is 2.49. The van der Waals surface area contributed by atoms with E-state index in [4.69, 9.17) is 0 Å². The summed E-state index contributed by atoms with van der Waals surface area (Å²) in [6.07, 6.45) is 1.88. The van der Waals surface area contributed by atoms with Crippen LogP contribution in [0.4, 0.5) is 0 Å². The second-order valence-corrected chi connectivity index (χ2v) is 5.99. The quantitative estimate of drug-likeness (QED) is 0.602. The summed E-state index contributed by atoms with van der Waals surface area (Å²) in [6, 6.07) is 11.7. The monoisotopic (exact) mass is 251 g/mol. The molecule has 0 amide bonds. The Morgan fingerprint density at radius 2 is 1.84 bits per heavy atom. The molecule has 0 unspecified atom stereocenters. The van der Waals surface area contributed by atoms with Gasteiger partial charge in [-0.2, -0.15) is 0 Å². The van der Waals surface area contributed by atoms with Gasteiger partial charge >= 0.3 is 0 Å². The topological polar surface area (TPSA) is 32.9 Å². The molecule has 3 aromatic rings. The third kappa shape index (κ3) is 1.84. The lowest BCUT2D eigenvalue weighted by molar-refractivity contribution is 0.596. The highest BCUT2D eigenvalue weighted by atomic mass is 16.1. The highest BCUT2D eigenvalue weighted by Crippen LogP contribution is 2.33. The number of nitrogens with one attached hydrogen (secondary N) is 1. The lowest BCUT2D eigenvalue weighted by Crippen LogP contribution is -2.13. The van der Waals surface area contributed by atoms with Crippen LogP contribution in [-0.2, 0) is 5.41 Å². The number of aromatic amines is 1. The summed E-state index contributed by atoms with van der Waals surface area (Å²) in [7, 11) is 0. The van der Waals surface area contributed by atoms with Crippen LogP contribution >= 0.6 is 0 Å². The second kappa shape index (κ2) is 3.95. The molecule has 0 atom stereocenters. The van der Waals surface area contributed by atoms with E-state index in [9.17, 15) is 4.79 Å². The third-order valence-corrected chi connectivity index (χ3v) is 3.56. The van der Waals surface area contributed by atoms with Gasteiger partial charge in [-0.25, -0.2) is 0 Å². The van der Waals surface area contributed by atoms with Gasteiger partial charge < -0.3 is 4.98 Å². The fraction of sp³-hybridized carbons (Fsp3) is 0.235. The van der Waals surface area contributed by atoms with Gasteiger partial charge in [0.05, 0.1) is 10.9 Å². The SMILES string of the molecule is CC(C)(C)c1cc2cccc(=O)c2c2[nH]cccc12. The first kappa shape index (κ1) is 12.0. The second-order valence-electron chi connectivity index (χ2n) is 5.99.